The maximum atomic E-state index is 14.6. The van der Waals surface area contributed by atoms with Crippen molar-refractivity contribution < 1.29 is 31.2 Å². The Balaban J connectivity index is 1.53. The summed E-state index contributed by atoms with van der Waals surface area (Å²) in [6.45, 7) is 1.50. The highest BCUT2D eigenvalue weighted by atomic mass is 79.9. The molecule has 1 aliphatic rings. The quantitative estimate of drug-likeness (QED) is 0.129. The molecular formula is C35H29BrF3N3O4S. The molecule has 0 unspecified atom stereocenters. The molecule has 2 heterocycles. The van der Waals surface area contributed by atoms with Crippen LogP contribution in [0.3, 0.4) is 0 Å². The minimum absolute atomic E-state index is 0.00133. The number of nitrogens with zero attached hydrogens (tertiary/aromatic N) is 2. The third-order valence-corrected chi connectivity index (χ3v) is 10.6. The molecule has 47 heavy (non-hydrogen) atoms. The molecule has 0 saturated carbocycles. The van der Waals surface area contributed by atoms with Crippen LogP contribution in [-0.2, 0) is 21.5 Å². The number of aromatic nitrogens is 1. The fourth-order valence-corrected chi connectivity index (χ4v) is 7.65. The van der Waals surface area contributed by atoms with Crippen LogP contribution in [0.4, 0.5) is 24.5 Å². The lowest BCUT2D eigenvalue weighted by molar-refractivity contribution is -0.137. The van der Waals surface area contributed by atoms with Gasteiger partial charge in [0.05, 0.1) is 21.7 Å². The van der Waals surface area contributed by atoms with E-state index in [1.165, 1.54) is 30.3 Å². The highest BCUT2D eigenvalue weighted by Crippen LogP contribution is 2.36. The molecule has 7 nitrogen and oxygen atoms in total. The normalized spacial score (nSPS) is 13.9. The van der Waals surface area contributed by atoms with Crippen LogP contribution >= 0.6 is 15.9 Å². The smallest absolute Gasteiger partial charge is 0.372 e. The summed E-state index contributed by atoms with van der Waals surface area (Å²) in [6, 6.07) is 23.1. The Labute approximate surface area is 278 Å². The molecular weight excluding hydrogens is 695 g/mol. The van der Waals surface area contributed by atoms with Crippen LogP contribution in [-0.4, -0.2) is 37.2 Å². The van der Waals surface area contributed by atoms with Crippen LogP contribution in [0, 0.1) is 0 Å². The van der Waals surface area contributed by atoms with Gasteiger partial charge in [-0.05, 0) is 85.5 Å². The number of rotatable bonds is 8. The summed E-state index contributed by atoms with van der Waals surface area (Å²) in [7, 11) is -4.56. The van der Waals surface area contributed by atoms with Crippen molar-refractivity contribution >= 4 is 59.9 Å². The standard InChI is InChI=1S/C35H29BrF3N3O4S/c36-22-23-8-7-9-25(18-23)34(44)40-30-15-14-27(41-16-5-2-6-17-41)21-29(30)33(43)32-19-24-12-13-26(35(37,38)39)20-31(24)42(32)47(45,46)28-10-3-1-4-11-28/h1,3-4,7-15,18-21H,2,5-6,16-17,22H2,(H,40,44). The van der Waals surface area contributed by atoms with Gasteiger partial charge in [0.15, 0.2) is 0 Å². The number of anilines is 2. The molecule has 0 aliphatic carbocycles. The monoisotopic (exact) mass is 723 g/mol. The summed E-state index contributed by atoms with van der Waals surface area (Å²) in [5.74, 6) is -1.27. The Morgan fingerprint density at radius 1 is 0.830 bits per heavy atom. The van der Waals surface area contributed by atoms with Gasteiger partial charge in [-0.3, -0.25) is 9.59 Å². The molecule has 12 heteroatoms. The average molecular weight is 725 g/mol. The molecule has 0 atom stereocenters. The first-order valence-electron chi connectivity index (χ1n) is 14.9. The molecule has 4 aromatic carbocycles. The number of benzene rings is 4. The van der Waals surface area contributed by atoms with Gasteiger partial charge in [-0.25, -0.2) is 12.4 Å². The number of carbonyl (C=O) groups is 2. The van der Waals surface area contributed by atoms with Crippen LogP contribution in [0.2, 0.25) is 0 Å². The largest absolute Gasteiger partial charge is 0.416 e. The SMILES string of the molecule is O=C(Nc1ccc(N2CCCCC2)cc1C(=O)c1cc2ccc(C(F)(F)F)cc2n1S(=O)(=O)c1ccccc1)c1cccc(CBr)c1. The molecule has 1 aliphatic heterocycles. The van der Waals surface area contributed by atoms with E-state index in [2.05, 4.69) is 26.1 Å². The van der Waals surface area contributed by atoms with E-state index in [0.29, 0.717) is 20.6 Å². The van der Waals surface area contributed by atoms with E-state index >= 15 is 0 Å². The van der Waals surface area contributed by atoms with E-state index in [-0.39, 0.29) is 32.7 Å². The van der Waals surface area contributed by atoms with Gasteiger partial charge in [0.2, 0.25) is 5.78 Å². The maximum Gasteiger partial charge on any atom is 0.416 e. The zero-order valence-corrected chi connectivity index (χ0v) is 27.3. The molecule has 0 bridgehead atoms. The van der Waals surface area contributed by atoms with E-state index in [9.17, 15) is 31.2 Å². The highest BCUT2D eigenvalue weighted by molar-refractivity contribution is 9.08. The number of fused-ring (bicyclic) bond motifs is 1. The van der Waals surface area contributed by atoms with E-state index in [4.69, 9.17) is 0 Å². The highest BCUT2D eigenvalue weighted by Gasteiger charge is 2.34. The average Bonchev–Trinajstić information content (AvgIpc) is 3.48. The summed E-state index contributed by atoms with van der Waals surface area (Å²) in [5, 5.41) is 3.47. The first-order chi connectivity index (χ1) is 22.5. The van der Waals surface area contributed by atoms with E-state index in [0.717, 1.165) is 56.1 Å². The topological polar surface area (TPSA) is 88.5 Å². The van der Waals surface area contributed by atoms with Crippen molar-refractivity contribution in [2.24, 2.45) is 0 Å². The molecule has 1 fully saturated rings. The van der Waals surface area contributed by atoms with Crippen molar-refractivity contribution in [1.82, 2.24) is 3.97 Å². The minimum Gasteiger partial charge on any atom is -0.372 e. The van der Waals surface area contributed by atoms with Crippen LogP contribution < -0.4 is 10.2 Å². The lowest BCUT2D eigenvalue weighted by atomic mass is 10.0. The van der Waals surface area contributed by atoms with Crippen molar-refractivity contribution in [3.8, 4) is 0 Å². The first kappa shape index (κ1) is 32.5. The molecule has 5 aromatic rings. The molecule has 1 saturated heterocycles. The van der Waals surface area contributed by atoms with Gasteiger partial charge >= 0.3 is 6.18 Å². The Morgan fingerprint density at radius 3 is 2.28 bits per heavy atom. The molecule has 1 N–H and O–H groups in total. The van der Waals surface area contributed by atoms with Gasteiger partial charge in [-0.15, -0.1) is 0 Å². The second-order valence-electron chi connectivity index (χ2n) is 11.3. The number of alkyl halides is 4. The number of piperidine rings is 1. The second-order valence-corrected chi connectivity index (χ2v) is 13.6. The van der Waals surface area contributed by atoms with E-state index in [1.54, 1.807) is 42.5 Å². The number of amides is 1. The Kier molecular flexibility index (Phi) is 8.99. The fourth-order valence-electron chi connectivity index (χ4n) is 5.77. The van der Waals surface area contributed by atoms with Gasteiger partial charge in [0.1, 0.15) is 5.69 Å². The summed E-state index contributed by atoms with van der Waals surface area (Å²) < 4.78 is 70.3. The van der Waals surface area contributed by atoms with Crippen molar-refractivity contribution in [1.29, 1.82) is 0 Å². The lowest BCUT2D eigenvalue weighted by Crippen LogP contribution is -2.29. The number of hydrogen-bond acceptors (Lipinski definition) is 5. The summed E-state index contributed by atoms with van der Waals surface area (Å²) >= 11 is 3.38. The molecule has 242 valence electrons. The summed E-state index contributed by atoms with van der Waals surface area (Å²) in [6.07, 6.45) is -1.77. The third kappa shape index (κ3) is 6.57. The van der Waals surface area contributed by atoms with Crippen molar-refractivity contribution in [2.45, 2.75) is 35.7 Å². The van der Waals surface area contributed by atoms with Gasteiger partial charge in [-0.2, -0.15) is 13.2 Å². The number of ketones is 1. The molecule has 0 radical (unpaired) electrons. The third-order valence-electron chi connectivity index (χ3n) is 8.16. The summed E-state index contributed by atoms with van der Waals surface area (Å²) in [5.41, 5.74) is 0.338. The molecule has 1 aromatic heterocycles. The van der Waals surface area contributed by atoms with Gasteiger partial charge in [0, 0.05) is 40.6 Å². The van der Waals surface area contributed by atoms with Gasteiger partial charge < -0.3 is 10.2 Å². The summed E-state index contributed by atoms with van der Waals surface area (Å²) in [4.78, 5) is 29.9. The fraction of sp³-hybridized carbons (Fsp3) is 0.200. The Hall–Kier alpha value is -4.42. The molecule has 6 rings (SSSR count). The minimum atomic E-state index is -4.75. The van der Waals surface area contributed by atoms with Gasteiger partial charge in [-0.1, -0.05) is 52.3 Å². The lowest BCUT2D eigenvalue weighted by Gasteiger charge is -2.29. The number of carbonyl (C=O) groups excluding carboxylic acids is 2. The van der Waals surface area contributed by atoms with Crippen molar-refractivity contribution in [3.05, 3.63) is 125 Å². The number of nitrogens with one attached hydrogen (secondary N) is 1. The second kappa shape index (κ2) is 13.0. The number of hydrogen-bond donors (Lipinski definition) is 1. The van der Waals surface area contributed by atoms with Crippen LogP contribution in [0.15, 0.2) is 102 Å². The molecule has 0 spiro atoms. The Morgan fingerprint density at radius 2 is 1.57 bits per heavy atom. The van der Waals surface area contributed by atoms with Crippen LogP contribution in [0.1, 0.15) is 56.8 Å². The first-order valence-corrected chi connectivity index (χ1v) is 17.5. The van der Waals surface area contributed by atoms with Gasteiger partial charge in [0.25, 0.3) is 15.9 Å². The predicted octanol–water partition coefficient (Wildman–Crippen LogP) is 8.27. The zero-order valence-electron chi connectivity index (χ0n) is 24.9. The Bertz CT molecular complexity index is 2090. The van der Waals surface area contributed by atoms with Crippen LogP contribution in [0.25, 0.3) is 10.9 Å². The van der Waals surface area contributed by atoms with E-state index in [1.807, 2.05) is 6.07 Å². The van der Waals surface area contributed by atoms with E-state index < -0.39 is 33.5 Å². The number of halogens is 4. The van der Waals surface area contributed by atoms with Crippen molar-refractivity contribution in [3.63, 3.8) is 0 Å². The maximum absolute atomic E-state index is 14.6. The van der Waals surface area contributed by atoms with Crippen LogP contribution in [0.5, 0.6) is 0 Å². The van der Waals surface area contributed by atoms with Crippen molar-refractivity contribution in [2.75, 3.05) is 23.3 Å². The predicted molar refractivity (Wildman–Crippen MR) is 179 cm³/mol. The zero-order chi connectivity index (χ0) is 33.3. The molecule has 1 amide bonds.